The van der Waals surface area contributed by atoms with E-state index in [2.05, 4.69) is 15.2 Å². The Morgan fingerprint density at radius 3 is 2.34 bits per heavy atom. The second kappa shape index (κ2) is 7.72. The number of hydrogen-bond acceptors (Lipinski definition) is 6. The van der Waals surface area contributed by atoms with Crippen LogP contribution in [0.1, 0.15) is 44.1 Å². The Labute approximate surface area is 171 Å². The lowest BCUT2D eigenvalue weighted by atomic mass is 10.0. The first-order chi connectivity index (χ1) is 13.8. The standard InChI is InChI=1S/C22H28N4O3/c1-21(2,3)25-20(27)17-15-18(24-19(23-17)16-7-5-4-6-8-16)26-11-9-22(10-12-26)28-13-14-29-22/h4-8,15H,9-14H2,1-3H3,(H,25,27). The molecule has 0 atom stereocenters. The minimum atomic E-state index is -0.446. The Hall–Kier alpha value is -2.51. The van der Waals surface area contributed by atoms with Crippen molar-refractivity contribution in [3.8, 4) is 11.4 Å². The number of rotatable bonds is 3. The van der Waals surface area contributed by atoms with Crippen molar-refractivity contribution >= 4 is 11.7 Å². The van der Waals surface area contributed by atoms with Crippen molar-refractivity contribution in [2.45, 2.75) is 44.9 Å². The lowest BCUT2D eigenvalue weighted by Crippen LogP contribution is -2.45. The highest BCUT2D eigenvalue weighted by atomic mass is 16.7. The van der Waals surface area contributed by atoms with Crippen LogP contribution in [0, 0.1) is 0 Å². The van der Waals surface area contributed by atoms with Gasteiger partial charge in [-0.25, -0.2) is 9.97 Å². The molecule has 1 amide bonds. The number of ether oxygens (including phenoxy) is 2. The van der Waals surface area contributed by atoms with Crippen molar-refractivity contribution in [1.82, 2.24) is 15.3 Å². The van der Waals surface area contributed by atoms with Gasteiger partial charge in [0.15, 0.2) is 11.6 Å². The first-order valence-electron chi connectivity index (χ1n) is 10.1. The van der Waals surface area contributed by atoms with Crippen LogP contribution in [0.5, 0.6) is 0 Å². The number of piperidine rings is 1. The van der Waals surface area contributed by atoms with Gasteiger partial charge in [0.05, 0.1) is 13.2 Å². The zero-order chi connectivity index (χ0) is 20.5. The molecule has 4 rings (SSSR count). The van der Waals surface area contributed by atoms with Gasteiger partial charge in [0, 0.05) is 43.1 Å². The average molecular weight is 396 g/mol. The minimum absolute atomic E-state index is 0.200. The molecule has 2 aliphatic rings. The zero-order valence-electron chi connectivity index (χ0n) is 17.3. The summed E-state index contributed by atoms with van der Waals surface area (Å²) in [5.41, 5.74) is 0.913. The molecule has 0 radical (unpaired) electrons. The summed E-state index contributed by atoms with van der Waals surface area (Å²) in [5, 5.41) is 3.00. The molecule has 1 N–H and O–H groups in total. The lowest BCUT2D eigenvalue weighted by Gasteiger charge is -2.38. The van der Waals surface area contributed by atoms with E-state index in [1.165, 1.54) is 0 Å². The van der Waals surface area contributed by atoms with Crippen molar-refractivity contribution in [2.24, 2.45) is 0 Å². The van der Waals surface area contributed by atoms with Gasteiger partial charge in [-0.2, -0.15) is 0 Å². The van der Waals surface area contributed by atoms with Crippen LogP contribution in [-0.4, -0.2) is 53.5 Å². The maximum atomic E-state index is 12.8. The Morgan fingerprint density at radius 2 is 1.72 bits per heavy atom. The molecule has 0 saturated carbocycles. The van der Waals surface area contributed by atoms with Gasteiger partial charge in [-0.1, -0.05) is 30.3 Å². The molecular weight excluding hydrogens is 368 g/mol. The van der Waals surface area contributed by atoms with Gasteiger partial charge in [-0.15, -0.1) is 0 Å². The highest BCUT2D eigenvalue weighted by Gasteiger charge is 2.40. The van der Waals surface area contributed by atoms with Crippen LogP contribution in [-0.2, 0) is 9.47 Å². The van der Waals surface area contributed by atoms with Gasteiger partial charge < -0.3 is 19.7 Å². The van der Waals surface area contributed by atoms with E-state index in [0.29, 0.717) is 24.7 Å². The number of aromatic nitrogens is 2. The molecule has 1 aromatic heterocycles. The fraction of sp³-hybridized carbons (Fsp3) is 0.500. The maximum Gasteiger partial charge on any atom is 0.270 e. The molecule has 3 heterocycles. The summed E-state index contributed by atoms with van der Waals surface area (Å²) >= 11 is 0. The summed E-state index contributed by atoms with van der Waals surface area (Å²) in [6, 6.07) is 11.5. The van der Waals surface area contributed by atoms with E-state index in [4.69, 9.17) is 14.5 Å². The SMILES string of the molecule is CC(C)(C)NC(=O)c1cc(N2CCC3(CC2)OCCO3)nc(-c2ccccc2)n1. The molecule has 7 nitrogen and oxygen atoms in total. The van der Waals surface area contributed by atoms with Crippen molar-refractivity contribution < 1.29 is 14.3 Å². The normalized spacial score (nSPS) is 18.8. The molecule has 1 spiro atoms. The van der Waals surface area contributed by atoms with Crippen molar-refractivity contribution in [3.05, 3.63) is 42.1 Å². The van der Waals surface area contributed by atoms with Gasteiger partial charge in [-0.3, -0.25) is 4.79 Å². The van der Waals surface area contributed by atoms with Gasteiger partial charge in [-0.05, 0) is 20.8 Å². The molecule has 2 fully saturated rings. The Kier molecular flexibility index (Phi) is 5.27. The first-order valence-corrected chi connectivity index (χ1v) is 10.1. The highest BCUT2D eigenvalue weighted by Crippen LogP contribution is 2.33. The van der Waals surface area contributed by atoms with Crippen LogP contribution in [0.2, 0.25) is 0 Å². The van der Waals surface area contributed by atoms with Crippen LogP contribution >= 0.6 is 0 Å². The average Bonchev–Trinajstić information content (AvgIpc) is 3.15. The molecule has 1 aromatic carbocycles. The number of benzene rings is 1. The Bertz CT molecular complexity index is 863. The number of amides is 1. The van der Waals surface area contributed by atoms with Crippen LogP contribution in [0.25, 0.3) is 11.4 Å². The third-order valence-electron chi connectivity index (χ3n) is 5.13. The van der Waals surface area contributed by atoms with E-state index in [9.17, 15) is 4.79 Å². The Morgan fingerprint density at radius 1 is 1.07 bits per heavy atom. The molecule has 0 bridgehead atoms. The molecule has 29 heavy (non-hydrogen) atoms. The van der Waals surface area contributed by atoms with Crippen LogP contribution < -0.4 is 10.2 Å². The summed E-state index contributed by atoms with van der Waals surface area (Å²) in [6.07, 6.45) is 1.56. The number of nitrogens with zero attached hydrogens (tertiary/aromatic N) is 3. The number of carbonyl (C=O) groups excluding carboxylic acids is 1. The van der Waals surface area contributed by atoms with Gasteiger partial charge in [0.1, 0.15) is 11.5 Å². The number of nitrogens with one attached hydrogen (secondary N) is 1. The monoisotopic (exact) mass is 396 g/mol. The van der Waals surface area contributed by atoms with E-state index >= 15 is 0 Å². The molecule has 7 heteroatoms. The summed E-state index contributed by atoms with van der Waals surface area (Å²) < 4.78 is 11.7. The van der Waals surface area contributed by atoms with E-state index in [1.54, 1.807) is 6.07 Å². The molecule has 2 aliphatic heterocycles. The zero-order valence-corrected chi connectivity index (χ0v) is 17.3. The minimum Gasteiger partial charge on any atom is -0.356 e. The van der Waals surface area contributed by atoms with Crippen LogP contribution in [0.15, 0.2) is 36.4 Å². The predicted molar refractivity (Wildman–Crippen MR) is 111 cm³/mol. The fourth-order valence-corrected chi connectivity index (χ4v) is 3.70. The summed E-state index contributed by atoms with van der Waals surface area (Å²) in [7, 11) is 0. The quantitative estimate of drug-likeness (QED) is 0.859. The highest BCUT2D eigenvalue weighted by molar-refractivity contribution is 5.94. The van der Waals surface area contributed by atoms with E-state index in [0.717, 1.165) is 37.3 Å². The van der Waals surface area contributed by atoms with Crippen LogP contribution in [0.3, 0.4) is 0 Å². The molecule has 0 aliphatic carbocycles. The number of hydrogen-bond donors (Lipinski definition) is 1. The molecule has 2 saturated heterocycles. The van der Waals surface area contributed by atoms with Gasteiger partial charge in [0.2, 0.25) is 0 Å². The second-order valence-electron chi connectivity index (χ2n) is 8.60. The summed E-state index contributed by atoms with van der Waals surface area (Å²) in [4.78, 5) is 24.3. The fourth-order valence-electron chi connectivity index (χ4n) is 3.70. The predicted octanol–water partition coefficient (Wildman–Crippen LogP) is 3.02. The summed E-state index contributed by atoms with van der Waals surface area (Å²) in [6.45, 7) is 8.69. The van der Waals surface area contributed by atoms with Crippen molar-refractivity contribution in [2.75, 3.05) is 31.2 Å². The van der Waals surface area contributed by atoms with Crippen molar-refractivity contribution in [1.29, 1.82) is 0 Å². The Balaban J connectivity index is 1.64. The van der Waals surface area contributed by atoms with Crippen molar-refractivity contribution in [3.63, 3.8) is 0 Å². The van der Waals surface area contributed by atoms with Gasteiger partial charge >= 0.3 is 0 Å². The van der Waals surface area contributed by atoms with E-state index in [1.807, 2.05) is 51.1 Å². The third-order valence-corrected chi connectivity index (χ3v) is 5.13. The third kappa shape index (κ3) is 4.57. The first kappa shape index (κ1) is 19.8. The second-order valence-corrected chi connectivity index (χ2v) is 8.60. The number of anilines is 1. The van der Waals surface area contributed by atoms with Gasteiger partial charge in [0.25, 0.3) is 5.91 Å². The topological polar surface area (TPSA) is 76.6 Å². The van der Waals surface area contributed by atoms with Crippen LogP contribution in [0.4, 0.5) is 5.82 Å². The molecule has 2 aromatic rings. The lowest BCUT2D eigenvalue weighted by molar-refractivity contribution is -0.169. The molecule has 154 valence electrons. The molecule has 0 unspecified atom stereocenters. The number of carbonyl (C=O) groups is 1. The summed E-state index contributed by atoms with van der Waals surface area (Å²) in [5.74, 6) is 0.661. The largest absolute Gasteiger partial charge is 0.356 e. The van der Waals surface area contributed by atoms with E-state index < -0.39 is 5.79 Å². The smallest absolute Gasteiger partial charge is 0.270 e. The molecular formula is C22H28N4O3. The van der Waals surface area contributed by atoms with E-state index in [-0.39, 0.29) is 11.4 Å². The maximum absolute atomic E-state index is 12.8.